The van der Waals surface area contributed by atoms with Gasteiger partial charge in [-0.1, -0.05) is 6.07 Å². The number of nitrogens with zero attached hydrogens (tertiary/aromatic N) is 1. The van der Waals surface area contributed by atoms with Crippen LogP contribution in [-0.2, 0) is 4.74 Å². The number of nitrogens with one attached hydrogen (secondary N) is 1. The maximum atomic E-state index is 12.2. The van der Waals surface area contributed by atoms with E-state index >= 15 is 0 Å². The summed E-state index contributed by atoms with van der Waals surface area (Å²) in [4.78, 5) is 25.1. The Labute approximate surface area is 124 Å². The second-order valence-electron chi connectivity index (χ2n) is 4.81. The molecule has 0 radical (unpaired) electrons. The molecule has 0 aliphatic heterocycles. The molecule has 0 fully saturated rings. The van der Waals surface area contributed by atoms with Crippen LogP contribution in [-0.4, -0.2) is 48.8 Å². The number of urea groups is 1. The highest BCUT2D eigenvalue weighted by molar-refractivity contribution is 6.01. The van der Waals surface area contributed by atoms with Crippen molar-refractivity contribution in [2.75, 3.05) is 32.1 Å². The minimum absolute atomic E-state index is 0.101. The third-order valence-electron chi connectivity index (χ3n) is 3.18. The van der Waals surface area contributed by atoms with Gasteiger partial charge in [0.2, 0.25) is 0 Å². The Morgan fingerprint density at radius 2 is 2.00 bits per heavy atom. The van der Waals surface area contributed by atoms with E-state index in [4.69, 9.17) is 4.74 Å². The van der Waals surface area contributed by atoms with Crippen LogP contribution < -0.4 is 5.32 Å². The number of benzene rings is 1. The minimum Gasteiger partial charge on any atom is -0.478 e. The largest absolute Gasteiger partial charge is 0.478 e. The van der Waals surface area contributed by atoms with E-state index in [9.17, 15) is 14.7 Å². The molecule has 0 spiro atoms. The molecule has 0 atom stereocenters. The normalized spacial score (nSPS) is 10.3. The number of carboxylic acids is 1. The number of hydrogen-bond acceptors (Lipinski definition) is 3. The molecular formula is C15H22N2O4. The number of rotatable bonds is 6. The molecule has 0 saturated heterocycles. The third-order valence-corrected chi connectivity index (χ3v) is 3.18. The van der Waals surface area contributed by atoms with Crippen LogP contribution in [0.3, 0.4) is 0 Å². The number of carboxylic acid groups (broad SMARTS) is 1. The van der Waals surface area contributed by atoms with Gasteiger partial charge < -0.3 is 20.1 Å². The molecule has 0 unspecified atom stereocenters. The summed E-state index contributed by atoms with van der Waals surface area (Å²) in [6.07, 6.45) is 0. The number of anilines is 1. The van der Waals surface area contributed by atoms with E-state index in [1.165, 1.54) is 0 Å². The van der Waals surface area contributed by atoms with Crippen molar-refractivity contribution in [1.82, 2.24) is 4.90 Å². The van der Waals surface area contributed by atoms with Crippen molar-refractivity contribution in [3.63, 3.8) is 0 Å². The number of methoxy groups -OCH3 is 1. The van der Waals surface area contributed by atoms with Crippen LogP contribution in [0.4, 0.5) is 10.5 Å². The zero-order chi connectivity index (χ0) is 16.0. The first kappa shape index (κ1) is 17.0. The van der Waals surface area contributed by atoms with Gasteiger partial charge in [0.15, 0.2) is 0 Å². The predicted molar refractivity (Wildman–Crippen MR) is 81.0 cm³/mol. The molecule has 2 N–H and O–H groups in total. The Hall–Kier alpha value is -2.08. The second-order valence-corrected chi connectivity index (χ2v) is 4.81. The number of carbonyl (C=O) groups excluding carboxylic acids is 1. The number of likely N-dealkylation sites (N-methyl/N-ethyl adjacent to an activating group) is 1. The van der Waals surface area contributed by atoms with Crippen LogP contribution in [0.15, 0.2) is 12.1 Å². The summed E-state index contributed by atoms with van der Waals surface area (Å²) in [7, 11) is 1.57. The van der Waals surface area contributed by atoms with Crippen LogP contribution in [0, 0.1) is 13.8 Å². The number of hydrogen-bond donors (Lipinski definition) is 2. The van der Waals surface area contributed by atoms with E-state index in [1.807, 2.05) is 19.9 Å². The maximum Gasteiger partial charge on any atom is 0.337 e. The van der Waals surface area contributed by atoms with Gasteiger partial charge in [0.25, 0.3) is 0 Å². The van der Waals surface area contributed by atoms with E-state index in [0.29, 0.717) is 25.4 Å². The molecule has 0 aromatic heterocycles. The highest BCUT2D eigenvalue weighted by atomic mass is 16.5. The molecule has 0 saturated carbocycles. The molecule has 1 aromatic carbocycles. The molecule has 21 heavy (non-hydrogen) atoms. The first-order valence-electron chi connectivity index (χ1n) is 6.80. The van der Waals surface area contributed by atoms with Crippen LogP contribution in [0.25, 0.3) is 0 Å². The Kier molecular flexibility index (Phi) is 6.17. The molecule has 0 aliphatic carbocycles. The molecular weight excluding hydrogens is 272 g/mol. The fraction of sp³-hybridized carbons (Fsp3) is 0.467. The summed E-state index contributed by atoms with van der Waals surface area (Å²) in [5.41, 5.74) is 2.01. The van der Waals surface area contributed by atoms with Crippen molar-refractivity contribution in [2.45, 2.75) is 20.8 Å². The first-order valence-corrected chi connectivity index (χ1v) is 6.80. The number of amides is 2. The lowest BCUT2D eigenvalue weighted by atomic mass is 10.0. The van der Waals surface area contributed by atoms with E-state index in [0.717, 1.165) is 11.1 Å². The zero-order valence-electron chi connectivity index (χ0n) is 12.9. The minimum atomic E-state index is -1.06. The fourth-order valence-electron chi connectivity index (χ4n) is 2.09. The average Bonchev–Trinajstić information content (AvgIpc) is 2.42. The fourth-order valence-corrected chi connectivity index (χ4v) is 2.09. The average molecular weight is 294 g/mol. The summed E-state index contributed by atoms with van der Waals surface area (Å²) in [5, 5.41) is 12.0. The number of carbonyl (C=O) groups is 2. The topological polar surface area (TPSA) is 78.9 Å². The number of aromatic carboxylic acids is 1. The van der Waals surface area contributed by atoms with Gasteiger partial charge in [0.1, 0.15) is 0 Å². The van der Waals surface area contributed by atoms with Gasteiger partial charge in [-0.2, -0.15) is 0 Å². The molecule has 0 bridgehead atoms. The summed E-state index contributed by atoms with van der Waals surface area (Å²) < 4.78 is 4.96. The Morgan fingerprint density at radius 1 is 1.33 bits per heavy atom. The molecule has 1 rings (SSSR count). The van der Waals surface area contributed by atoms with Gasteiger partial charge in [-0.05, 0) is 38.0 Å². The van der Waals surface area contributed by atoms with Crippen LogP contribution in [0.2, 0.25) is 0 Å². The number of aryl methyl sites for hydroxylation is 2. The van der Waals surface area contributed by atoms with Crippen molar-refractivity contribution >= 4 is 17.7 Å². The van der Waals surface area contributed by atoms with Gasteiger partial charge >= 0.3 is 12.0 Å². The molecule has 0 aliphatic rings. The second kappa shape index (κ2) is 7.64. The van der Waals surface area contributed by atoms with Crippen LogP contribution in [0.1, 0.15) is 28.4 Å². The third kappa shape index (κ3) is 4.46. The van der Waals surface area contributed by atoms with Gasteiger partial charge in [-0.3, -0.25) is 0 Å². The SMILES string of the molecule is CCN(CCOC)C(=O)Nc1c(C)cc(C)cc1C(=O)O. The van der Waals surface area contributed by atoms with E-state index in [-0.39, 0.29) is 11.6 Å². The van der Waals surface area contributed by atoms with Crippen LogP contribution in [0.5, 0.6) is 0 Å². The summed E-state index contributed by atoms with van der Waals surface area (Å²) in [6, 6.07) is 3.06. The Balaban J connectivity index is 3.01. The van der Waals surface area contributed by atoms with Crippen molar-refractivity contribution < 1.29 is 19.4 Å². The van der Waals surface area contributed by atoms with Gasteiger partial charge in [-0.25, -0.2) is 9.59 Å². The Morgan fingerprint density at radius 3 is 2.52 bits per heavy atom. The first-order chi connectivity index (χ1) is 9.90. The van der Waals surface area contributed by atoms with Crippen LogP contribution >= 0.6 is 0 Å². The lowest BCUT2D eigenvalue weighted by Crippen LogP contribution is -2.37. The smallest absolute Gasteiger partial charge is 0.337 e. The molecule has 1 aromatic rings. The quantitative estimate of drug-likeness (QED) is 0.845. The van der Waals surface area contributed by atoms with Gasteiger partial charge in [0, 0.05) is 20.2 Å². The lowest BCUT2D eigenvalue weighted by Gasteiger charge is -2.22. The number of ether oxygens (including phenoxy) is 1. The monoisotopic (exact) mass is 294 g/mol. The standard InChI is InChI=1S/C15H22N2O4/c1-5-17(6-7-21-4)15(20)16-13-11(3)8-10(2)9-12(13)14(18)19/h8-9H,5-7H2,1-4H3,(H,16,20)(H,18,19). The molecule has 2 amide bonds. The van der Waals surface area contributed by atoms with Crippen molar-refractivity contribution in [3.05, 3.63) is 28.8 Å². The Bertz CT molecular complexity index is 529. The van der Waals surface area contributed by atoms with E-state index in [1.54, 1.807) is 25.0 Å². The van der Waals surface area contributed by atoms with Gasteiger partial charge in [0.05, 0.1) is 17.9 Å². The lowest BCUT2D eigenvalue weighted by molar-refractivity contribution is 0.0698. The molecule has 6 nitrogen and oxygen atoms in total. The van der Waals surface area contributed by atoms with E-state index in [2.05, 4.69) is 5.32 Å². The highest BCUT2D eigenvalue weighted by Gasteiger charge is 2.18. The summed E-state index contributed by atoms with van der Waals surface area (Å²) >= 11 is 0. The van der Waals surface area contributed by atoms with Crippen molar-refractivity contribution in [2.24, 2.45) is 0 Å². The predicted octanol–water partition coefficient (Wildman–Crippen LogP) is 2.50. The zero-order valence-corrected chi connectivity index (χ0v) is 12.9. The van der Waals surface area contributed by atoms with Crippen molar-refractivity contribution in [1.29, 1.82) is 0 Å². The van der Waals surface area contributed by atoms with Crippen molar-refractivity contribution in [3.8, 4) is 0 Å². The summed E-state index contributed by atoms with van der Waals surface area (Å²) in [5.74, 6) is -1.06. The molecule has 6 heteroatoms. The van der Waals surface area contributed by atoms with Gasteiger partial charge in [-0.15, -0.1) is 0 Å². The van der Waals surface area contributed by atoms with E-state index < -0.39 is 5.97 Å². The maximum absolute atomic E-state index is 12.2. The molecule has 0 heterocycles. The summed E-state index contributed by atoms with van der Waals surface area (Å²) in [6.45, 7) is 6.85. The highest BCUT2D eigenvalue weighted by Crippen LogP contribution is 2.23. The molecule has 116 valence electrons.